The minimum atomic E-state index is -0.270. The number of carbonyl (C=O) groups excluding carboxylic acids is 2. The van der Waals surface area contributed by atoms with E-state index in [9.17, 15) is 9.59 Å². The van der Waals surface area contributed by atoms with Crippen LogP contribution in [0.4, 0.5) is 0 Å². The third-order valence-electron chi connectivity index (χ3n) is 6.89. The van der Waals surface area contributed by atoms with Gasteiger partial charge in [-0.2, -0.15) is 0 Å². The minimum Gasteiger partial charge on any atom is -0.377 e. The molecule has 1 N–H and O–H groups in total. The average molecular weight is 348 g/mol. The number of amides is 2. The Hall–Kier alpha value is -1.10. The Morgan fingerprint density at radius 2 is 1.96 bits per heavy atom. The highest BCUT2D eigenvalue weighted by Gasteiger charge is 2.67. The van der Waals surface area contributed by atoms with Crippen LogP contribution < -0.4 is 5.32 Å². The van der Waals surface area contributed by atoms with E-state index in [2.05, 4.69) is 26.1 Å². The lowest BCUT2D eigenvalue weighted by Gasteiger charge is -2.63. The lowest BCUT2D eigenvalue weighted by atomic mass is 9.46. The van der Waals surface area contributed by atoms with Gasteiger partial charge in [0.15, 0.2) is 0 Å². The number of nitrogens with one attached hydrogen (secondary N) is 1. The fourth-order valence-electron chi connectivity index (χ4n) is 5.60. The summed E-state index contributed by atoms with van der Waals surface area (Å²) in [5, 5.41) is 3.36. The first-order valence-electron chi connectivity index (χ1n) is 10.0. The van der Waals surface area contributed by atoms with Crippen LogP contribution in [0.2, 0.25) is 0 Å². The van der Waals surface area contributed by atoms with E-state index in [1.165, 1.54) is 19.3 Å². The molecule has 2 aliphatic carbocycles. The normalized spacial score (nSPS) is 35.9. The topological polar surface area (TPSA) is 58.6 Å². The van der Waals surface area contributed by atoms with Crippen molar-refractivity contribution in [3.05, 3.63) is 0 Å². The maximum atomic E-state index is 13.0. The van der Waals surface area contributed by atoms with Gasteiger partial charge >= 0.3 is 0 Å². The van der Waals surface area contributed by atoms with E-state index in [0.717, 1.165) is 32.4 Å². The predicted octanol–water partition coefficient (Wildman–Crippen LogP) is 2.49. The molecule has 25 heavy (non-hydrogen) atoms. The largest absolute Gasteiger partial charge is 0.377 e. The maximum absolute atomic E-state index is 13.0. The van der Waals surface area contributed by atoms with Gasteiger partial charge in [0.1, 0.15) is 6.04 Å². The Kier molecular flexibility index (Phi) is 4.13. The molecule has 0 bridgehead atoms. The van der Waals surface area contributed by atoms with E-state index in [1.54, 1.807) is 0 Å². The Morgan fingerprint density at radius 3 is 2.60 bits per heavy atom. The fraction of sp³-hybridized carbons (Fsp3) is 0.900. The van der Waals surface area contributed by atoms with Crippen molar-refractivity contribution in [2.45, 2.75) is 83.9 Å². The number of ether oxygens (including phenoxy) is 1. The summed E-state index contributed by atoms with van der Waals surface area (Å²) in [6.07, 6.45) is 7.27. The molecule has 4 aliphatic rings. The molecule has 0 unspecified atom stereocenters. The van der Waals surface area contributed by atoms with Crippen molar-refractivity contribution in [2.75, 3.05) is 13.2 Å². The molecule has 2 amide bonds. The van der Waals surface area contributed by atoms with Crippen molar-refractivity contribution in [1.29, 1.82) is 0 Å². The van der Waals surface area contributed by atoms with Gasteiger partial charge < -0.3 is 15.0 Å². The quantitative estimate of drug-likeness (QED) is 0.852. The summed E-state index contributed by atoms with van der Waals surface area (Å²) >= 11 is 0. The van der Waals surface area contributed by atoms with Crippen molar-refractivity contribution < 1.29 is 14.3 Å². The van der Waals surface area contributed by atoms with Gasteiger partial charge in [0.2, 0.25) is 11.8 Å². The number of rotatable bonds is 3. The second kappa shape index (κ2) is 5.97. The Labute approximate surface area is 150 Å². The van der Waals surface area contributed by atoms with E-state index < -0.39 is 0 Å². The highest BCUT2D eigenvalue weighted by Crippen LogP contribution is 2.62. The molecule has 0 radical (unpaired) electrons. The highest BCUT2D eigenvalue weighted by atomic mass is 16.5. The predicted molar refractivity (Wildman–Crippen MR) is 94.9 cm³/mol. The van der Waals surface area contributed by atoms with Crippen LogP contribution in [0.3, 0.4) is 0 Å². The van der Waals surface area contributed by atoms with Gasteiger partial charge in [0.25, 0.3) is 0 Å². The van der Waals surface area contributed by atoms with E-state index in [-0.39, 0.29) is 34.7 Å². The second-order valence-corrected chi connectivity index (χ2v) is 9.80. The van der Waals surface area contributed by atoms with Crippen LogP contribution in [-0.4, -0.2) is 48.1 Å². The number of carbonyl (C=O) groups is 2. The molecule has 0 aromatic carbocycles. The Bertz CT molecular complexity index is 564. The van der Waals surface area contributed by atoms with Crippen LogP contribution in [0, 0.1) is 16.7 Å². The molecule has 140 valence electrons. The molecular formula is C20H32N2O3. The summed E-state index contributed by atoms with van der Waals surface area (Å²) in [5.74, 6) is 0.685. The van der Waals surface area contributed by atoms with Crippen molar-refractivity contribution in [3.63, 3.8) is 0 Å². The van der Waals surface area contributed by atoms with Crippen LogP contribution in [0.5, 0.6) is 0 Å². The number of hydrogen-bond donors (Lipinski definition) is 1. The van der Waals surface area contributed by atoms with Gasteiger partial charge in [0, 0.05) is 36.9 Å². The minimum absolute atomic E-state index is 0.0426. The van der Waals surface area contributed by atoms with Crippen molar-refractivity contribution in [3.8, 4) is 0 Å². The van der Waals surface area contributed by atoms with Gasteiger partial charge in [-0.25, -0.2) is 0 Å². The first-order chi connectivity index (χ1) is 11.8. The van der Waals surface area contributed by atoms with Crippen LogP contribution in [0.15, 0.2) is 0 Å². The standard InChI is InChI=1S/C20H32N2O3/c1-19(2,3)12-15(23)22-10-4-6-14(22)18(24)21-16-13-7-11-25-17(13)20(16)8-5-9-20/h13-14,16-17H,4-12H2,1-3H3,(H,21,24)/t13-,14+,16+,17+/m0/s1. The zero-order valence-corrected chi connectivity index (χ0v) is 15.8. The van der Waals surface area contributed by atoms with Gasteiger partial charge in [0.05, 0.1) is 6.10 Å². The maximum Gasteiger partial charge on any atom is 0.243 e. The number of nitrogens with zero attached hydrogens (tertiary/aromatic N) is 1. The zero-order chi connectivity index (χ0) is 17.8. The van der Waals surface area contributed by atoms with Gasteiger partial charge in [-0.05, 0) is 37.5 Å². The van der Waals surface area contributed by atoms with E-state index in [0.29, 0.717) is 18.4 Å². The van der Waals surface area contributed by atoms with Gasteiger partial charge in [-0.3, -0.25) is 9.59 Å². The molecule has 4 rings (SSSR count). The number of fused-ring (bicyclic) bond motifs is 2. The smallest absolute Gasteiger partial charge is 0.243 e. The molecule has 4 fully saturated rings. The summed E-state index contributed by atoms with van der Waals surface area (Å²) < 4.78 is 5.95. The van der Waals surface area contributed by atoms with Crippen LogP contribution in [0.1, 0.15) is 65.7 Å². The van der Waals surface area contributed by atoms with Crippen LogP contribution in [-0.2, 0) is 14.3 Å². The molecule has 0 aromatic rings. The summed E-state index contributed by atoms with van der Waals surface area (Å²) in [5.41, 5.74) is 0.161. The van der Waals surface area contributed by atoms with E-state index >= 15 is 0 Å². The monoisotopic (exact) mass is 348 g/mol. The Morgan fingerprint density at radius 1 is 1.20 bits per heavy atom. The van der Waals surface area contributed by atoms with Crippen LogP contribution in [0.25, 0.3) is 0 Å². The summed E-state index contributed by atoms with van der Waals surface area (Å²) in [4.78, 5) is 27.5. The molecule has 1 spiro atoms. The highest BCUT2D eigenvalue weighted by molar-refractivity contribution is 5.88. The fourth-order valence-corrected chi connectivity index (χ4v) is 5.60. The SMILES string of the molecule is CC(C)(C)CC(=O)N1CCC[C@@H]1C(=O)N[C@@H]1[C@@H]2CCO[C@H]2C12CCC2. The molecule has 2 saturated heterocycles. The van der Waals surface area contributed by atoms with Gasteiger partial charge in [-0.1, -0.05) is 27.2 Å². The van der Waals surface area contributed by atoms with Crippen molar-refractivity contribution in [2.24, 2.45) is 16.7 Å². The molecule has 0 aromatic heterocycles. The summed E-state index contributed by atoms with van der Waals surface area (Å²) in [7, 11) is 0. The molecule has 2 heterocycles. The lowest BCUT2D eigenvalue weighted by molar-refractivity contribution is -0.180. The Balaban J connectivity index is 1.41. The zero-order valence-electron chi connectivity index (χ0n) is 15.8. The van der Waals surface area contributed by atoms with Crippen molar-refractivity contribution >= 4 is 11.8 Å². The van der Waals surface area contributed by atoms with Gasteiger partial charge in [-0.15, -0.1) is 0 Å². The lowest BCUT2D eigenvalue weighted by Crippen LogP contribution is -2.72. The summed E-state index contributed by atoms with van der Waals surface area (Å²) in [6.45, 7) is 7.78. The average Bonchev–Trinajstić information content (AvgIpc) is 3.08. The molecular weight excluding hydrogens is 316 g/mol. The van der Waals surface area contributed by atoms with E-state index in [4.69, 9.17) is 4.74 Å². The molecule has 5 nitrogen and oxygen atoms in total. The second-order valence-electron chi connectivity index (χ2n) is 9.80. The molecule has 2 aliphatic heterocycles. The first kappa shape index (κ1) is 17.3. The molecule has 4 atom stereocenters. The summed E-state index contributed by atoms with van der Waals surface area (Å²) in [6, 6.07) is -0.00485. The molecule has 5 heteroatoms. The number of hydrogen-bond acceptors (Lipinski definition) is 3. The van der Waals surface area contributed by atoms with Crippen LogP contribution >= 0.6 is 0 Å². The first-order valence-corrected chi connectivity index (χ1v) is 10.0. The number of likely N-dealkylation sites (tertiary alicyclic amines) is 1. The van der Waals surface area contributed by atoms with Crippen molar-refractivity contribution in [1.82, 2.24) is 10.2 Å². The third-order valence-corrected chi connectivity index (χ3v) is 6.89. The molecule has 2 saturated carbocycles. The third kappa shape index (κ3) is 2.79. The van der Waals surface area contributed by atoms with E-state index in [1.807, 2.05) is 4.90 Å².